The monoisotopic (exact) mass is 189 g/mol. The highest BCUT2D eigenvalue weighted by Crippen LogP contribution is 2.35. The summed E-state index contributed by atoms with van der Waals surface area (Å²) in [5.41, 5.74) is 0. The van der Waals surface area contributed by atoms with Gasteiger partial charge in [0.25, 0.3) is 0 Å². The fourth-order valence-electron chi connectivity index (χ4n) is 1.38. The minimum absolute atomic E-state index is 0.365. The molecule has 0 unspecified atom stereocenters. The van der Waals surface area contributed by atoms with Gasteiger partial charge in [-0.05, 0) is 31.6 Å². The fourth-order valence-corrected chi connectivity index (χ4v) is 3.79. The summed E-state index contributed by atoms with van der Waals surface area (Å²) >= 11 is 0. The molecule has 0 saturated heterocycles. The summed E-state index contributed by atoms with van der Waals surface area (Å²) < 4.78 is 0. The van der Waals surface area contributed by atoms with Crippen molar-refractivity contribution in [2.45, 2.75) is 33.6 Å². The highest BCUT2D eigenvalue weighted by Gasteiger charge is 2.03. The normalized spacial score (nSPS) is 11.0. The number of hydrogen-bond acceptors (Lipinski definition) is 1. The van der Waals surface area contributed by atoms with Crippen LogP contribution in [-0.4, -0.2) is 31.6 Å². The summed E-state index contributed by atoms with van der Waals surface area (Å²) in [5, 5.41) is 3.41. The van der Waals surface area contributed by atoms with E-state index in [2.05, 4.69) is 26.1 Å². The molecule has 0 aromatic rings. The van der Waals surface area contributed by atoms with Crippen LogP contribution in [0.4, 0.5) is 0 Å². The van der Waals surface area contributed by atoms with E-state index in [4.69, 9.17) is 0 Å². The maximum absolute atomic E-state index is 3.41. The third-order valence-corrected chi connectivity index (χ3v) is 4.95. The molecule has 0 bridgehead atoms. The van der Waals surface area contributed by atoms with Crippen molar-refractivity contribution >= 4 is 7.92 Å². The van der Waals surface area contributed by atoms with E-state index in [1.165, 1.54) is 37.9 Å². The topological polar surface area (TPSA) is 12.0 Å². The molecule has 0 aromatic carbocycles. The van der Waals surface area contributed by atoms with E-state index in [-0.39, 0.29) is 0 Å². The molecule has 0 radical (unpaired) electrons. The first-order valence-corrected chi connectivity index (χ1v) is 7.17. The Hall–Kier alpha value is 0.390. The number of rotatable bonds is 8. The second-order valence-electron chi connectivity index (χ2n) is 3.20. The molecule has 0 heterocycles. The lowest BCUT2D eigenvalue weighted by atomic mass is 10.6. The molecule has 2 heteroatoms. The van der Waals surface area contributed by atoms with Gasteiger partial charge in [-0.25, -0.2) is 0 Å². The van der Waals surface area contributed by atoms with E-state index in [9.17, 15) is 0 Å². The van der Waals surface area contributed by atoms with Crippen molar-refractivity contribution in [3.8, 4) is 0 Å². The predicted octanol–water partition coefficient (Wildman–Crippen LogP) is 2.90. The maximum Gasteiger partial charge on any atom is -0.000961 e. The molecule has 0 aliphatic carbocycles. The molecule has 1 N–H and O–H groups in total. The quantitative estimate of drug-likeness (QED) is 0.457. The van der Waals surface area contributed by atoms with Gasteiger partial charge in [0.2, 0.25) is 0 Å². The van der Waals surface area contributed by atoms with Crippen LogP contribution in [0.2, 0.25) is 0 Å². The number of nitrogens with one attached hydrogen (secondary N) is 1. The standard InChI is InChI=1S/C10H24NP/c1-4-8-12(9-5-2)10-7-11-6-3/h11H,4-10H2,1-3H3. The molecule has 0 rings (SSSR count). The molecular formula is C10H24NP. The van der Waals surface area contributed by atoms with E-state index in [1.54, 1.807) is 0 Å². The van der Waals surface area contributed by atoms with Crippen LogP contribution in [0.5, 0.6) is 0 Å². The molecule has 0 saturated carbocycles. The molecule has 0 aliphatic heterocycles. The molecule has 74 valence electrons. The van der Waals surface area contributed by atoms with Gasteiger partial charge in [0.05, 0.1) is 0 Å². The summed E-state index contributed by atoms with van der Waals surface area (Å²) in [6.07, 6.45) is 7.14. The Labute approximate surface area is 79.1 Å². The van der Waals surface area contributed by atoms with Crippen molar-refractivity contribution in [1.29, 1.82) is 0 Å². The lowest BCUT2D eigenvalue weighted by molar-refractivity contribution is 0.764. The van der Waals surface area contributed by atoms with Gasteiger partial charge < -0.3 is 5.32 Å². The predicted molar refractivity (Wildman–Crippen MR) is 60.6 cm³/mol. The smallest absolute Gasteiger partial charge is 0.000961 e. The fraction of sp³-hybridized carbons (Fsp3) is 1.00. The largest absolute Gasteiger partial charge is 0.317 e. The van der Waals surface area contributed by atoms with Crippen LogP contribution >= 0.6 is 7.92 Å². The van der Waals surface area contributed by atoms with Gasteiger partial charge in [0.15, 0.2) is 0 Å². The zero-order valence-electron chi connectivity index (χ0n) is 8.90. The minimum atomic E-state index is 0.365. The van der Waals surface area contributed by atoms with E-state index < -0.39 is 0 Å². The molecule has 0 aliphatic rings. The molecule has 0 aromatic heterocycles. The molecule has 0 atom stereocenters. The highest BCUT2D eigenvalue weighted by atomic mass is 31.1. The zero-order chi connectivity index (χ0) is 9.23. The van der Waals surface area contributed by atoms with Crippen LogP contribution in [0.15, 0.2) is 0 Å². The summed E-state index contributed by atoms with van der Waals surface area (Å²) in [7, 11) is 0.365. The van der Waals surface area contributed by atoms with E-state index in [0.29, 0.717) is 7.92 Å². The van der Waals surface area contributed by atoms with Crippen molar-refractivity contribution in [3.05, 3.63) is 0 Å². The molecular weight excluding hydrogens is 165 g/mol. The van der Waals surface area contributed by atoms with Crippen molar-refractivity contribution < 1.29 is 0 Å². The SMILES string of the molecule is CCCP(CCC)CCNCC. The van der Waals surface area contributed by atoms with Crippen LogP contribution < -0.4 is 5.32 Å². The molecule has 0 amide bonds. The van der Waals surface area contributed by atoms with Crippen molar-refractivity contribution in [3.63, 3.8) is 0 Å². The molecule has 0 fully saturated rings. The molecule has 0 spiro atoms. The van der Waals surface area contributed by atoms with Crippen molar-refractivity contribution in [1.82, 2.24) is 5.32 Å². The van der Waals surface area contributed by atoms with Crippen molar-refractivity contribution in [2.24, 2.45) is 0 Å². The Balaban J connectivity index is 3.34. The minimum Gasteiger partial charge on any atom is -0.317 e. The van der Waals surface area contributed by atoms with Gasteiger partial charge in [-0.1, -0.05) is 33.6 Å². The summed E-state index contributed by atoms with van der Waals surface area (Å²) in [6, 6.07) is 0. The van der Waals surface area contributed by atoms with Gasteiger partial charge >= 0.3 is 0 Å². The first-order chi connectivity index (χ1) is 5.85. The van der Waals surface area contributed by atoms with Crippen molar-refractivity contribution in [2.75, 3.05) is 31.6 Å². The second-order valence-corrected chi connectivity index (χ2v) is 5.88. The van der Waals surface area contributed by atoms with Gasteiger partial charge in [-0.15, -0.1) is 7.92 Å². The Morgan fingerprint density at radius 3 is 1.92 bits per heavy atom. The summed E-state index contributed by atoms with van der Waals surface area (Å²) in [5.74, 6) is 0. The lowest BCUT2D eigenvalue weighted by Gasteiger charge is -2.15. The van der Waals surface area contributed by atoms with Crippen LogP contribution in [0, 0.1) is 0 Å². The van der Waals surface area contributed by atoms with Crippen LogP contribution in [-0.2, 0) is 0 Å². The van der Waals surface area contributed by atoms with E-state index in [1.807, 2.05) is 0 Å². The van der Waals surface area contributed by atoms with Crippen LogP contribution in [0.25, 0.3) is 0 Å². The first-order valence-electron chi connectivity index (χ1n) is 5.28. The van der Waals surface area contributed by atoms with E-state index >= 15 is 0 Å². The average Bonchev–Trinajstić information content (AvgIpc) is 2.06. The van der Waals surface area contributed by atoms with Crippen LogP contribution in [0.3, 0.4) is 0 Å². The number of hydrogen-bond donors (Lipinski definition) is 1. The zero-order valence-corrected chi connectivity index (χ0v) is 9.79. The Kier molecular flexibility index (Phi) is 9.79. The first kappa shape index (κ1) is 12.4. The van der Waals surface area contributed by atoms with E-state index in [0.717, 1.165) is 6.54 Å². The third kappa shape index (κ3) is 7.06. The third-order valence-electron chi connectivity index (χ3n) is 1.93. The van der Waals surface area contributed by atoms with Gasteiger partial charge in [0, 0.05) is 0 Å². The highest BCUT2D eigenvalue weighted by molar-refractivity contribution is 7.57. The molecule has 12 heavy (non-hydrogen) atoms. The molecule has 1 nitrogen and oxygen atoms in total. The summed E-state index contributed by atoms with van der Waals surface area (Å²) in [6.45, 7) is 9.15. The summed E-state index contributed by atoms with van der Waals surface area (Å²) in [4.78, 5) is 0. The van der Waals surface area contributed by atoms with Crippen LogP contribution in [0.1, 0.15) is 33.6 Å². The van der Waals surface area contributed by atoms with Gasteiger partial charge in [-0.3, -0.25) is 0 Å². The van der Waals surface area contributed by atoms with Gasteiger partial charge in [-0.2, -0.15) is 0 Å². The second kappa shape index (κ2) is 9.48. The lowest BCUT2D eigenvalue weighted by Crippen LogP contribution is -2.17. The van der Waals surface area contributed by atoms with Gasteiger partial charge in [0.1, 0.15) is 0 Å². The maximum atomic E-state index is 3.41. The Bertz CT molecular complexity index is 79.9. The Morgan fingerprint density at radius 2 is 1.50 bits per heavy atom. The average molecular weight is 189 g/mol. The Morgan fingerprint density at radius 1 is 0.917 bits per heavy atom.